The number of aryl methyl sites for hydroxylation is 1. The number of thiazole rings is 1. The first-order valence-electron chi connectivity index (χ1n) is 6.21. The standard InChI is InChI=1S/C13H25N3S/c1-7-14-8-11-10(2)15-12(17-11)16(6)9-13(3,4)5/h14H,7-9H2,1-6H3. The van der Waals surface area contributed by atoms with Gasteiger partial charge in [0.1, 0.15) is 0 Å². The number of hydrogen-bond donors (Lipinski definition) is 1. The van der Waals surface area contributed by atoms with Gasteiger partial charge in [0.2, 0.25) is 0 Å². The van der Waals surface area contributed by atoms with Crippen LogP contribution in [0.25, 0.3) is 0 Å². The summed E-state index contributed by atoms with van der Waals surface area (Å²) in [5, 5.41) is 4.49. The summed E-state index contributed by atoms with van der Waals surface area (Å²) in [5.74, 6) is 0. The molecule has 0 saturated carbocycles. The Bertz CT molecular complexity index is 352. The second-order valence-corrected chi connectivity index (χ2v) is 6.76. The van der Waals surface area contributed by atoms with Gasteiger partial charge in [0, 0.05) is 25.0 Å². The van der Waals surface area contributed by atoms with Crippen LogP contribution >= 0.6 is 11.3 Å². The molecule has 0 aromatic carbocycles. The van der Waals surface area contributed by atoms with Crippen molar-refractivity contribution >= 4 is 16.5 Å². The lowest BCUT2D eigenvalue weighted by Gasteiger charge is -2.26. The van der Waals surface area contributed by atoms with E-state index in [9.17, 15) is 0 Å². The maximum atomic E-state index is 4.65. The maximum Gasteiger partial charge on any atom is 0.185 e. The Hall–Kier alpha value is -0.610. The van der Waals surface area contributed by atoms with E-state index in [1.807, 2.05) is 0 Å². The van der Waals surface area contributed by atoms with E-state index in [4.69, 9.17) is 0 Å². The Kier molecular flexibility index (Phi) is 4.95. The first kappa shape index (κ1) is 14.5. The zero-order valence-corrected chi connectivity index (χ0v) is 12.7. The van der Waals surface area contributed by atoms with E-state index in [1.54, 1.807) is 11.3 Å². The van der Waals surface area contributed by atoms with Crippen molar-refractivity contribution in [2.75, 3.05) is 25.0 Å². The van der Waals surface area contributed by atoms with Crippen LogP contribution in [0.2, 0.25) is 0 Å². The summed E-state index contributed by atoms with van der Waals surface area (Å²) in [6.45, 7) is 14.0. The fraction of sp³-hybridized carbons (Fsp3) is 0.769. The van der Waals surface area contributed by atoms with Gasteiger partial charge in [0.15, 0.2) is 5.13 Å². The third kappa shape index (κ3) is 4.64. The van der Waals surface area contributed by atoms with Crippen molar-refractivity contribution in [3.8, 4) is 0 Å². The van der Waals surface area contributed by atoms with E-state index in [1.165, 1.54) is 4.88 Å². The van der Waals surface area contributed by atoms with Crippen LogP contribution in [0.4, 0.5) is 5.13 Å². The third-order valence-electron chi connectivity index (χ3n) is 2.45. The Balaban J connectivity index is 2.71. The molecule has 0 fully saturated rings. The van der Waals surface area contributed by atoms with Gasteiger partial charge in [0.05, 0.1) is 5.69 Å². The number of anilines is 1. The number of nitrogens with one attached hydrogen (secondary N) is 1. The number of nitrogens with zero attached hydrogens (tertiary/aromatic N) is 2. The van der Waals surface area contributed by atoms with Crippen LogP contribution in [-0.4, -0.2) is 25.1 Å². The molecule has 98 valence electrons. The molecule has 0 radical (unpaired) electrons. The van der Waals surface area contributed by atoms with Gasteiger partial charge in [-0.1, -0.05) is 27.7 Å². The molecule has 0 spiro atoms. The molecule has 1 rings (SSSR count). The summed E-state index contributed by atoms with van der Waals surface area (Å²) in [5.41, 5.74) is 1.46. The molecule has 1 N–H and O–H groups in total. The average Bonchev–Trinajstić information content (AvgIpc) is 2.54. The Morgan fingerprint density at radius 3 is 2.53 bits per heavy atom. The fourth-order valence-electron chi connectivity index (χ4n) is 1.76. The Morgan fingerprint density at radius 2 is 2.00 bits per heavy atom. The molecule has 0 aliphatic carbocycles. The van der Waals surface area contributed by atoms with E-state index in [0.29, 0.717) is 5.41 Å². The molecular formula is C13H25N3S. The molecule has 1 heterocycles. The minimum atomic E-state index is 0.302. The average molecular weight is 255 g/mol. The van der Waals surface area contributed by atoms with Crippen molar-refractivity contribution in [3.63, 3.8) is 0 Å². The second kappa shape index (κ2) is 5.83. The van der Waals surface area contributed by atoms with Crippen LogP contribution in [0.5, 0.6) is 0 Å². The molecule has 0 bridgehead atoms. The van der Waals surface area contributed by atoms with Gasteiger partial charge in [-0.05, 0) is 18.9 Å². The van der Waals surface area contributed by atoms with Gasteiger partial charge >= 0.3 is 0 Å². The zero-order chi connectivity index (χ0) is 13.1. The zero-order valence-electron chi connectivity index (χ0n) is 11.9. The van der Waals surface area contributed by atoms with Crippen LogP contribution in [0.15, 0.2) is 0 Å². The molecule has 0 aliphatic heterocycles. The SMILES string of the molecule is CCNCc1sc(N(C)CC(C)(C)C)nc1C. The summed E-state index contributed by atoms with van der Waals surface area (Å²) in [6.07, 6.45) is 0. The van der Waals surface area contributed by atoms with Crippen molar-refractivity contribution in [2.45, 2.75) is 41.2 Å². The monoisotopic (exact) mass is 255 g/mol. The lowest BCUT2D eigenvalue weighted by molar-refractivity contribution is 0.418. The number of aromatic nitrogens is 1. The highest BCUT2D eigenvalue weighted by atomic mass is 32.1. The normalized spacial score (nSPS) is 11.9. The van der Waals surface area contributed by atoms with Crippen LogP contribution in [-0.2, 0) is 6.54 Å². The molecule has 1 aromatic rings. The van der Waals surface area contributed by atoms with Gasteiger partial charge in [0.25, 0.3) is 0 Å². The third-order valence-corrected chi connectivity index (χ3v) is 3.73. The Labute approximate surface area is 109 Å². The van der Waals surface area contributed by atoms with Crippen LogP contribution in [0, 0.1) is 12.3 Å². The summed E-state index contributed by atoms with van der Waals surface area (Å²) in [7, 11) is 2.13. The summed E-state index contributed by atoms with van der Waals surface area (Å²) >= 11 is 1.80. The second-order valence-electron chi connectivity index (χ2n) is 5.70. The van der Waals surface area contributed by atoms with Crippen LogP contribution in [0.3, 0.4) is 0 Å². The van der Waals surface area contributed by atoms with Gasteiger partial charge < -0.3 is 10.2 Å². The van der Waals surface area contributed by atoms with Crippen molar-refractivity contribution in [1.29, 1.82) is 0 Å². The molecule has 4 heteroatoms. The number of hydrogen-bond acceptors (Lipinski definition) is 4. The topological polar surface area (TPSA) is 28.2 Å². The van der Waals surface area contributed by atoms with Crippen molar-refractivity contribution in [2.24, 2.45) is 5.41 Å². The molecule has 0 unspecified atom stereocenters. The molecule has 1 aromatic heterocycles. The predicted octanol–water partition coefficient (Wildman–Crippen LogP) is 3.04. The highest BCUT2D eigenvalue weighted by Crippen LogP contribution is 2.27. The fourth-order valence-corrected chi connectivity index (χ4v) is 2.75. The first-order chi connectivity index (χ1) is 7.83. The van der Waals surface area contributed by atoms with Crippen molar-refractivity contribution in [3.05, 3.63) is 10.6 Å². The molecule has 0 atom stereocenters. The predicted molar refractivity (Wildman–Crippen MR) is 77.0 cm³/mol. The van der Waals surface area contributed by atoms with E-state index < -0.39 is 0 Å². The molecule has 0 saturated heterocycles. The quantitative estimate of drug-likeness (QED) is 0.876. The molecule has 3 nitrogen and oxygen atoms in total. The minimum Gasteiger partial charge on any atom is -0.351 e. The molecule has 0 amide bonds. The van der Waals surface area contributed by atoms with E-state index >= 15 is 0 Å². The smallest absolute Gasteiger partial charge is 0.185 e. The van der Waals surface area contributed by atoms with E-state index in [0.717, 1.165) is 30.5 Å². The van der Waals surface area contributed by atoms with E-state index in [-0.39, 0.29) is 0 Å². The lowest BCUT2D eigenvalue weighted by atomic mass is 9.96. The first-order valence-corrected chi connectivity index (χ1v) is 7.03. The van der Waals surface area contributed by atoms with Crippen LogP contribution < -0.4 is 10.2 Å². The van der Waals surface area contributed by atoms with Crippen LogP contribution in [0.1, 0.15) is 38.3 Å². The summed E-state index contributed by atoms with van der Waals surface area (Å²) in [4.78, 5) is 8.26. The Morgan fingerprint density at radius 1 is 1.35 bits per heavy atom. The van der Waals surface area contributed by atoms with Gasteiger partial charge in [-0.25, -0.2) is 4.98 Å². The largest absolute Gasteiger partial charge is 0.351 e. The maximum absolute atomic E-state index is 4.65. The lowest BCUT2D eigenvalue weighted by Crippen LogP contribution is -2.28. The highest BCUT2D eigenvalue weighted by molar-refractivity contribution is 7.15. The van der Waals surface area contributed by atoms with Gasteiger partial charge in [-0.3, -0.25) is 0 Å². The minimum absolute atomic E-state index is 0.302. The molecule has 0 aliphatic rings. The summed E-state index contributed by atoms with van der Waals surface area (Å²) in [6, 6.07) is 0. The van der Waals surface area contributed by atoms with Gasteiger partial charge in [-0.2, -0.15) is 0 Å². The van der Waals surface area contributed by atoms with E-state index in [2.05, 4.69) is 56.9 Å². The summed E-state index contributed by atoms with van der Waals surface area (Å²) < 4.78 is 0. The molecular weight excluding hydrogens is 230 g/mol. The number of rotatable bonds is 5. The van der Waals surface area contributed by atoms with Crippen molar-refractivity contribution in [1.82, 2.24) is 10.3 Å². The van der Waals surface area contributed by atoms with Crippen molar-refractivity contribution < 1.29 is 0 Å². The highest BCUT2D eigenvalue weighted by Gasteiger charge is 2.17. The van der Waals surface area contributed by atoms with Gasteiger partial charge in [-0.15, -0.1) is 11.3 Å². The molecule has 17 heavy (non-hydrogen) atoms.